The molecule has 1 atom stereocenters. The molecule has 0 radical (unpaired) electrons. The number of hydrogen-bond acceptors (Lipinski definition) is 5. The third kappa shape index (κ3) is 4.02. The number of rotatable bonds is 5. The third-order valence-corrected chi connectivity index (χ3v) is 2.77. The smallest absolute Gasteiger partial charge is 0.241 e. The fourth-order valence-corrected chi connectivity index (χ4v) is 2.00. The molecule has 0 spiro atoms. The van der Waals surface area contributed by atoms with Gasteiger partial charge >= 0.3 is 0 Å². The summed E-state index contributed by atoms with van der Waals surface area (Å²) in [7, 11) is 1.88. The maximum atomic E-state index is 9.29. The minimum Gasteiger partial charge on any atom is -0.392 e. The van der Waals surface area contributed by atoms with E-state index >= 15 is 0 Å². The standard InChI is InChI=1S/C13H16ClN3O2/c1-9(18)7-17(2)8-12-15-13(16-19-12)10-4-3-5-11(14)6-10/h3-6,9,18H,7-8H2,1-2H3. The molecule has 2 aromatic rings. The van der Waals surface area contributed by atoms with E-state index in [9.17, 15) is 5.11 Å². The van der Waals surface area contributed by atoms with Gasteiger partial charge in [-0.15, -0.1) is 0 Å². The highest BCUT2D eigenvalue weighted by molar-refractivity contribution is 6.30. The summed E-state index contributed by atoms with van der Waals surface area (Å²) < 4.78 is 5.18. The lowest BCUT2D eigenvalue weighted by molar-refractivity contribution is 0.131. The molecule has 6 heteroatoms. The van der Waals surface area contributed by atoms with Crippen LogP contribution in [0.25, 0.3) is 11.4 Å². The summed E-state index contributed by atoms with van der Waals surface area (Å²) in [5, 5.41) is 13.9. The summed E-state index contributed by atoms with van der Waals surface area (Å²) in [6, 6.07) is 7.30. The molecule has 2 rings (SSSR count). The topological polar surface area (TPSA) is 62.4 Å². The first-order chi connectivity index (χ1) is 9.04. The maximum Gasteiger partial charge on any atom is 0.241 e. The van der Waals surface area contributed by atoms with Gasteiger partial charge in [-0.2, -0.15) is 4.98 Å². The van der Waals surface area contributed by atoms with Gasteiger partial charge in [0.1, 0.15) is 0 Å². The van der Waals surface area contributed by atoms with E-state index in [2.05, 4.69) is 10.1 Å². The SMILES string of the molecule is CC(O)CN(C)Cc1nc(-c2cccc(Cl)c2)no1. The second kappa shape index (κ2) is 6.14. The van der Waals surface area contributed by atoms with Crippen molar-refractivity contribution in [1.29, 1.82) is 0 Å². The molecule has 0 amide bonds. The molecule has 102 valence electrons. The molecule has 0 aliphatic rings. The Morgan fingerprint density at radius 1 is 1.47 bits per heavy atom. The fraction of sp³-hybridized carbons (Fsp3) is 0.385. The number of benzene rings is 1. The van der Waals surface area contributed by atoms with Crippen molar-refractivity contribution in [2.75, 3.05) is 13.6 Å². The van der Waals surface area contributed by atoms with Crippen molar-refractivity contribution in [1.82, 2.24) is 15.0 Å². The minimum atomic E-state index is -0.389. The Bertz CT molecular complexity index is 542. The first-order valence-corrected chi connectivity index (χ1v) is 6.37. The van der Waals surface area contributed by atoms with Gasteiger partial charge in [0, 0.05) is 17.1 Å². The van der Waals surface area contributed by atoms with Gasteiger partial charge in [-0.3, -0.25) is 4.90 Å². The largest absolute Gasteiger partial charge is 0.392 e. The maximum absolute atomic E-state index is 9.29. The van der Waals surface area contributed by atoms with Crippen LogP contribution in [0.4, 0.5) is 0 Å². The molecule has 1 unspecified atom stereocenters. The van der Waals surface area contributed by atoms with E-state index in [1.165, 1.54) is 0 Å². The van der Waals surface area contributed by atoms with E-state index in [1.807, 2.05) is 24.1 Å². The Hall–Kier alpha value is -1.43. The molecule has 0 fully saturated rings. The van der Waals surface area contributed by atoms with Crippen LogP contribution in [0.5, 0.6) is 0 Å². The molecule has 1 heterocycles. The van der Waals surface area contributed by atoms with E-state index in [0.29, 0.717) is 29.8 Å². The minimum absolute atomic E-state index is 0.389. The lowest BCUT2D eigenvalue weighted by Gasteiger charge is -2.15. The van der Waals surface area contributed by atoms with Gasteiger partial charge in [0.2, 0.25) is 11.7 Å². The molecular weight excluding hydrogens is 266 g/mol. The van der Waals surface area contributed by atoms with Crippen molar-refractivity contribution in [2.24, 2.45) is 0 Å². The van der Waals surface area contributed by atoms with Gasteiger partial charge in [0.15, 0.2) is 0 Å². The van der Waals surface area contributed by atoms with Gasteiger partial charge in [0.25, 0.3) is 0 Å². The number of aliphatic hydroxyl groups is 1. The first-order valence-electron chi connectivity index (χ1n) is 5.99. The Kier molecular flexibility index (Phi) is 4.52. The molecule has 5 nitrogen and oxygen atoms in total. The van der Waals surface area contributed by atoms with Crippen molar-refractivity contribution >= 4 is 11.6 Å². The predicted molar refractivity (Wildman–Crippen MR) is 72.8 cm³/mol. The van der Waals surface area contributed by atoms with Gasteiger partial charge in [-0.25, -0.2) is 0 Å². The summed E-state index contributed by atoms with van der Waals surface area (Å²) in [5.74, 6) is 1.03. The molecule has 0 aliphatic carbocycles. The Morgan fingerprint density at radius 2 is 2.26 bits per heavy atom. The predicted octanol–water partition coefficient (Wildman–Crippen LogP) is 2.20. The zero-order chi connectivity index (χ0) is 13.8. The molecule has 19 heavy (non-hydrogen) atoms. The zero-order valence-electron chi connectivity index (χ0n) is 10.9. The van der Waals surface area contributed by atoms with Crippen LogP contribution >= 0.6 is 11.6 Å². The molecular formula is C13H16ClN3O2. The van der Waals surface area contributed by atoms with Gasteiger partial charge in [-0.05, 0) is 26.1 Å². The monoisotopic (exact) mass is 281 g/mol. The van der Waals surface area contributed by atoms with Crippen molar-refractivity contribution in [2.45, 2.75) is 19.6 Å². The van der Waals surface area contributed by atoms with Gasteiger partial charge in [0.05, 0.1) is 12.6 Å². The van der Waals surface area contributed by atoms with Crippen LogP contribution in [0.1, 0.15) is 12.8 Å². The molecule has 0 aliphatic heterocycles. The summed E-state index contributed by atoms with van der Waals surface area (Å²) >= 11 is 5.92. The highest BCUT2D eigenvalue weighted by atomic mass is 35.5. The summed E-state index contributed by atoms with van der Waals surface area (Å²) in [6.07, 6.45) is -0.389. The summed E-state index contributed by atoms with van der Waals surface area (Å²) in [6.45, 7) is 2.79. The van der Waals surface area contributed by atoms with Crippen molar-refractivity contribution < 1.29 is 9.63 Å². The van der Waals surface area contributed by atoms with Crippen molar-refractivity contribution in [3.05, 3.63) is 35.2 Å². The van der Waals surface area contributed by atoms with Gasteiger partial charge in [-0.1, -0.05) is 28.9 Å². The van der Waals surface area contributed by atoms with Gasteiger partial charge < -0.3 is 9.63 Å². The van der Waals surface area contributed by atoms with E-state index in [1.54, 1.807) is 19.1 Å². The molecule has 1 aromatic heterocycles. The summed E-state index contributed by atoms with van der Waals surface area (Å²) in [4.78, 5) is 6.23. The number of hydrogen-bond donors (Lipinski definition) is 1. The number of aromatic nitrogens is 2. The van der Waals surface area contributed by atoms with Crippen molar-refractivity contribution in [3.8, 4) is 11.4 Å². The zero-order valence-corrected chi connectivity index (χ0v) is 11.6. The average Bonchev–Trinajstić information content (AvgIpc) is 2.76. The average molecular weight is 282 g/mol. The lowest BCUT2D eigenvalue weighted by atomic mass is 10.2. The van der Waals surface area contributed by atoms with E-state index in [4.69, 9.17) is 16.1 Å². The second-order valence-corrected chi connectivity index (χ2v) is 5.00. The van der Waals surface area contributed by atoms with Crippen LogP contribution < -0.4 is 0 Å². The lowest BCUT2D eigenvalue weighted by Crippen LogP contribution is -2.26. The fourth-order valence-electron chi connectivity index (χ4n) is 1.81. The van der Waals surface area contributed by atoms with Crippen LogP contribution in [-0.4, -0.2) is 39.8 Å². The molecule has 0 saturated carbocycles. The van der Waals surface area contributed by atoms with E-state index in [-0.39, 0.29) is 6.10 Å². The Morgan fingerprint density at radius 3 is 2.95 bits per heavy atom. The van der Waals surface area contributed by atoms with Crippen LogP contribution in [0.2, 0.25) is 5.02 Å². The van der Waals surface area contributed by atoms with E-state index in [0.717, 1.165) is 5.56 Å². The number of aliphatic hydroxyl groups excluding tert-OH is 1. The molecule has 1 N–H and O–H groups in total. The number of likely N-dealkylation sites (N-methyl/N-ethyl adjacent to an activating group) is 1. The van der Waals surface area contributed by atoms with Crippen molar-refractivity contribution in [3.63, 3.8) is 0 Å². The summed E-state index contributed by atoms with van der Waals surface area (Å²) in [5.41, 5.74) is 0.820. The molecule has 1 aromatic carbocycles. The quantitative estimate of drug-likeness (QED) is 0.910. The van der Waals surface area contributed by atoms with Crippen LogP contribution in [-0.2, 0) is 6.54 Å². The number of nitrogens with zero attached hydrogens (tertiary/aromatic N) is 3. The number of halogens is 1. The van der Waals surface area contributed by atoms with Crippen LogP contribution in [0.3, 0.4) is 0 Å². The van der Waals surface area contributed by atoms with Crippen LogP contribution in [0, 0.1) is 0 Å². The normalized spacial score (nSPS) is 12.9. The second-order valence-electron chi connectivity index (χ2n) is 4.57. The third-order valence-electron chi connectivity index (χ3n) is 2.53. The van der Waals surface area contributed by atoms with E-state index < -0.39 is 0 Å². The Balaban J connectivity index is 2.07. The Labute approximate surface area is 116 Å². The highest BCUT2D eigenvalue weighted by Crippen LogP contribution is 2.20. The molecule has 0 bridgehead atoms. The van der Waals surface area contributed by atoms with Crippen LogP contribution in [0.15, 0.2) is 28.8 Å². The molecule has 0 saturated heterocycles. The highest BCUT2D eigenvalue weighted by Gasteiger charge is 2.12. The first kappa shape index (κ1) is 14.0.